The van der Waals surface area contributed by atoms with Crippen LogP contribution in [0.2, 0.25) is 0 Å². The molecule has 1 fully saturated rings. The fourth-order valence-electron chi connectivity index (χ4n) is 5.51. The lowest BCUT2D eigenvalue weighted by Crippen LogP contribution is -2.53. The van der Waals surface area contributed by atoms with E-state index >= 15 is 0 Å². The van der Waals surface area contributed by atoms with Gasteiger partial charge in [0, 0.05) is 42.0 Å². The van der Waals surface area contributed by atoms with E-state index in [1.807, 2.05) is 0 Å². The summed E-state index contributed by atoms with van der Waals surface area (Å²) < 4.78 is 11.9. The summed E-state index contributed by atoms with van der Waals surface area (Å²) in [5.41, 5.74) is 4.40. The van der Waals surface area contributed by atoms with Gasteiger partial charge in [-0.1, -0.05) is 12.1 Å². The number of hydrogen-bond acceptors (Lipinski definition) is 10. The van der Waals surface area contributed by atoms with Crippen molar-refractivity contribution in [3.05, 3.63) is 57.6 Å². The van der Waals surface area contributed by atoms with Gasteiger partial charge in [-0.15, -0.1) is 0 Å². The molecule has 10 heteroatoms. The average Bonchev–Trinajstić information content (AvgIpc) is 2.80. The first-order valence-electron chi connectivity index (χ1n) is 11.9. The summed E-state index contributed by atoms with van der Waals surface area (Å²) in [6, 6.07) is 4.96. The number of nitrogens with two attached hydrogens (primary N) is 1. The fourth-order valence-corrected chi connectivity index (χ4v) is 5.51. The number of rotatable bonds is 3. The van der Waals surface area contributed by atoms with Crippen LogP contribution in [-0.2, 0) is 15.9 Å². The van der Waals surface area contributed by atoms with E-state index in [0.717, 1.165) is 0 Å². The molecule has 2 aromatic rings. The minimum Gasteiger partial charge on any atom is -0.507 e. The zero-order chi connectivity index (χ0) is 26.1. The van der Waals surface area contributed by atoms with Crippen molar-refractivity contribution in [2.24, 2.45) is 5.73 Å². The highest BCUT2D eigenvalue weighted by atomic mass is 16.7. The summed E-state index contributed by atoms with van der Waals surface area (Å²) in [4.78, 5) is 26.6. The van der Waals surface area contributed by atoms with Crippen LogP contribution in [0.25, 0.3) is 0 Å². The van der Waals surface area contributed by atoms with E-state index in [4.69, 9.17) is 15.2 Å². The molecule has 0 aromatic heterocycles. The molecule has 7 N–H and O–H groups in total. The summed E-state index contributed by atoms with van der Waals surface area (Å²) in [6.45, 7) is 3.07. The van der Waals surface area contributed by atoms with Crippen LogP contribution in [0.5, 0.6) is 11.5 Å². The van der Waals surface area contributed by atoms with Gasteiger partial charge in [0.1, 0.15) is 11.5 Å². The van der Waals surface area contributed by atoms with Gasteiger partial charge in [-0.3, -0.25) is 9.59 Å². The summed E-state index contributed by atoms with van der Waals surface area (Å²) in [5.74, 6) is -2.12. The number of carbonyl (C=O) groups excluding carboxylic acids is 2. The molecule has 0 bridgehead atoms. The molecule has 1 saturated heterocycles. The van der Waals surface area contributed by atoms with Crippen molar-refractivity contribution in [3.63, 3.8) is 0 Å². The number of benzene rings is 2. The number of aliphatic hydroxyl groups excluding tert-OH is 2. The average molecular weight is 500 g/mol. The number of carbonyl (C=O) groups is 2. The second-order valence-electron chi connectivity index (χ2n) is 10.0. The Morgan fingerprint density at radius 2 is 1.89 bits per heavy atom. The molecule has 192 valence electrons. The highest BCUT2D eigenvalue weighted by molar-refractivity contribution is 6.30. The quantitative estimate of drug-likeness (QED) is 0.302. The van der Waals surface area contributed by atoms with Gasteiger partial charge in [-0.05, 0) is 31.5 Å². The molecule has 2 aromatic carbocycles. The molecule has 2 aliphatic carbocycles. The van der Waals surface area contributed by atoms with E-state index in [-0.39, 0.29) is 52.8 Å². The third kappa shape index (κ3) is 3.73. The lowest BCUT2D eigenvalue weighted by molar-refractivity contribution is -0.250. The Morgan fingerprint density at radius 3 is 2.56 bits per heavy atom. The van der Waals surface area contributed by atoms with Gasteiger partial charge in [0.2, 0.25) is 5.78 Å². The minimum atomic E-state index is -1.65. The predicted molar refractivity (Wildman–Crippen MR) is 125 cm³/mol. The Morgan fingerprint density at radius 1 is 1.17 bits per heavy atom. The Kier molecular flexibility index (Phi) is 5.94. The van der Waals surface area contributed by atoms with Crippen LogP contribution < -0.4 is 5.73 Å². The number of aromatic hydroxyl groups is 2. The zero-order valence-corrected chi connectivity index (χ0v) is 19.8. The van der Waals surface area contributed by atoms with Crippen molar-refractivity contribution in [2.45, 2.75) is 75.5 Å². The Hall–Kier alpha value is -2.86. The zero-order valence-electron chi connectivity index (χ0n) is 19.8. The van der Waals surface area contributed by atoms with Crippen LogP contribution in [0.4, 0.5) is 0 Å². The maximum absolute atomic E-state index is 13.4. The van der Waals surface area contributed by atoms with Crippen molar-refractivity contribution in [1.29, 1.82) is 0 Å². The molecule has 0 saturated carbocycles. The molecular formula is C26H29NO9. The van der Waals surface area contributed by atoms with Crippen molar-refractivity contribution in [3.8, 4) is 11.5 Å². The first kappa shape index (κ1) is 24.8. The Balaban J connectivity index is 1.63. The van der Waals surface area contributed by atoms with E-state index in [0.29, 0.717) is 5.56 Å². The van der Waals surface area contributed by atoms with E-state index in [1.165, 1.54) is 31.2 Å². The first-order chi connectivity index (χ1) is 16.9. The molecule has 10 nitrogen and oxygen atoms in total. The van der Waals surface area contributed by atoms with Gasteiger partial charge in [0.05, 0.1) is 41.1 Å². The second-order valence-corrected chi connectivity index (χ2v) is 10.0. The van der Waals surface area contributed by atoms with Gasteiger partial charge in [0.15, 0.2) is 12.1 Å². The van der Waals surface area contributed by atoms with E-state index < -0.39 is 59.7 Å². The monoisotopic (exact) mass is 499 g/mol. The molecule has 5 unspecified atom stereocenters. The lowest BCUT2D eigenvalue weighted by Gasteiger charge is -2.43. The summed E-state index contributed by atoms with van der Waals surface area (Å²) in [7, 11) is 0. The molecule has 1 heterocycles. The van der Waals surface area contributed by atoms with Crippen molar-refractivity contribution >= 4 is 11.6 Å². The highest BCUT2D eigenvalue weighted by Gasteiger charge is 2.47. The first-order valence-corrected chi connectivity index (χ1v) is 11.9. The molecular weight excluding hydrogens is 470 g/mol. The van der Waals surface area contributed by atoms with E-state index in [2.05, 4.69) is 0 Å². The van der Waals surface area contributed by atoms with Gasteiger partial charge < -0.3 is 40.7 Å². The lowest BCUT2D eigenvalue weighted by atomic mass is 9.72. The molecule has 1 aliphatic heterocycles. The third-order valence-corrected chi connectivity index (χ3v) is 7.61. The smallest absolute Gasteiger partial charge is 0.201 e. The molecule has 3 aliphatic rings. The van der Waals surface area contributed by atoms with Crippen LogP contribution >= 0.6 is 0 Å². The van der Waals surface area contributed by atoms with Gasteiger partial charge in [-0.2, -0.15) is 0 Å². The van der Waals surface area contributed by atoms with Gasteiger partial charge >= 0.3 is 0 Å². The predicted octanol–water partition coefficient (Wildman–Crippen LogP) is 0.812. The Labute approximate surface area is 206 Å². The van der Waals surface area contributed by atoms with E-state index in [9.17, 15) is 35.1 Å². The fraction of sp³-hybridized carbons (Fsp3) is 0.462. The number of ketones is 2. The topological polar surface area (TPSA) is 180 Å². The normalized spacial score (nSPS) is 32.4. The number of phenolic OH excluding ortho intramolecular Hbond substituents is 2. The number of phenols is 2. The van der Waals surface area contributed by atoms with Gasteiger partial charge in [-0.25, -0.2) is 0 Å². The molecule has 0 radical (unpaired) electrons. The Bertz CT molecular complexity index is 1250. The van der Waals surface area contributed by atoms with Crippen molar-refractivity contribution < 1.29 is 44.6 Å². The maximum Gasteiger partial charge on any atom is 0.201 e. The number of aliphatic hydroxyl groups is 3. The number of ether oxygens (including phenoxy) is 2. The molecule has 36 heavy (non-hydrogen) atoms. The third-order valence-electron chi connectivity index (χ3n) is 7.61. The van der Waals surface area contributed by atoms with Crippen LogP contribution in [0.1, 0.15) is 75.8 Å². The summed E-state index contributed by atoms with van der Waals surface area (Å²) in [6.07, 6.45) is -4.75. The SMILES string of the molecule is CC1OC(O[C@H]2C[C@](O)(C(C)O)Cc3cc4c(c(O)c32)C(=O)c2c(O)cccc2C4=O)CC(N)C1O. The standard InChI is InChI=1S/C26H29NO9/c1-10-22(30)15(27)7-18(35-10)36-17-9-26(34,11(2)28)8-12-6-14-21(24(32)19(12)17)25(33)20-13(23(14)31)4-3-5-16(20)29/h3-6,10-11,15,17-18,22,28-30,32,34H,7-9,27H2,1-2H3/t10?,11?,15?,17-,18?,22?,26-/m0/s1. The molecule has 7 atom stereocenters. The molecule has 0 amide bonds. The van der Waals surface area contributed by atoms with Crippen molar-refractivity contribution in [1.82, 2.24) is 0 Å². The number of fused-ring (bicyclic) bond motifs is 3. The van der Waals surface area contributed by atoms with Gasteiger partial charge in [0.25, 0.3) is 0 Å². The van der Waals surface area contributed by atoms with Crippen LogP contribution in [-0.4, -0.2) is 73.3 Å². The van der Waals surface area contributed by atoms with Crippen LogP contribution in [0.3, 0.4) is 0 Å². The van der Waals surface area contributed by atoms with E-state index in [1.54, 1.807) is 6.92 Å². The number of hydrogen-bond donors (Lipinski definition) is 6. The summed E-state index contributed by atoms with van der Waals surface area (Å²) in [5, 5.41) is 53.4. The minimum absolute atomic E-state index is 0.0124. The van der Waals surface area contributed by atoms with Crippen LogP contribution in [0.15, 0.2) is 24.3 Å². The molecule has 0 spiro atoms. The highest BCUT2D eigenvalue weighted by Crippen LogP contribution is 2.49. The largest absolute Gasteiger partial charge is 0.507 e. The van der Waals surface area contributed by atoms with Crippen LogP contribution in [0, 0.1) is 0 Å². The second kappa shape index (κ2) is 8.62. The van der Waals surface area contributed by atoms with Crippen molar-refractivity contribution in [2.75, 3.05) is 0 Å². The molecule has 5 rings (SSSR count). The summed E-state index contributed by atoms with van der Waals surface area (Å²) >= 11 is 0. The maximum atomic E-state index is 13.4.